The highest BCUT2D eigenvalue weighted by atomic mass is 19.4. The number of carboxylic acid groups (broad SMARTS) is 1. The Balaban J connectivity index is 1.76. The summed E-state index contributed by atoms with van der Waals surface area (Å²) in [5.41, 5.74) is 1.82. The van der Waals surface area contributed by atoms with E-state index in [0.29, 0.717) is 25.9 Å². The SMILES string of the molecule is O=C(O)C1CCN(C(c2ccc(C(F)(F)F)cc2)c2ccnc3ccccc23)CC1. The summed E-state index contributed by atoms with van der Waals surface area (Å²) in [6.07, 6.45) is -1.67. The van der Waals surface area contributed by atoms with Crippen LogP contribution < -0.4 is 0 Å². The normalized spacial score (nSPS) is 17.2. The Labute approximate surface area is 172 Å². The zero-order chi connectivity index (χ0) is 21.3. The van der Waals surface area contributed by atoms with Crippen molar-refractivity contribution in [2.24, 2.45) is 5.92 Å². The van der Waals surface area contributed by atoms with Crippen LogP contribution in [0.4, 0.5) is 13.2 Å². The molecule has 1 atom stereocenters. The predicted octanol–water partition coefficient (Wildman–Crippen LogP) is 5.14. The van der Waals surface area contributed by atoms with Crippen LogP contribution in [0.1, 0.15) is 35.6 Å². The van der Waals surface area contributed by atoms with Crippen molar-refractivity contribution in [2.75, 3.05) is 13.1 Å². The summed E-state index contributed by atoms with van der Waals surface area (Å²) in [6.45, 7) is 1.11. The van der Waals surface area contributed by atoms with E-state index in [-0.39, 0.29) is 12.0 Å². The van der Waals surface area contributed by atoms with Gasteiger partial charge in [-0.2, -0.15) is 13.2 Å². The molecule has 0 spiro atoms. The first-order valence-electron chi connectivity index (χ1n) is 9.82. The van der Waals surface area contributed by atoms with Gasteiger partial charge in [0.2, 0.25) is 0 Å². The summed E-state index contributed by atoms with van der Waals surface area (Å²) >= 11 is 0. The second kappa shape index (κ2) is 8.07. The highest BCUT2D eigenvalue weighted by Crippen LogP contribution is 2.37. The lowest BCUT2D eigenvalue weighted by molar-refractivity contribution is -0.143. The topological polar surface area (TPSA) is 53.4 Å². The molecule has 2 aromatic carbocycles. The quantitative estimate of drug-likeness (QED) is 0.642. The Hall–Kier alpha value is -2.93. The van der Waals surface area contributed by atoms with Crippen LogP contribution in [0.25, 0.3) is 10.9 Å². The molecule has 156 valence electrons. The van der Waals surface area contributed by atoms with E-state index in [2.05, 4.69) is 9.88 Å². The zero-order valence-corrected chi connectivity index (χ0v) is 16.1. The molecule has 1 fully saturated rings. The van der Waals surface area contributed by atoms with E-state index < -0.39 is 17.7 Å². The lowest BCUT2D eigenvalue weighted by Crippen LogP contribution is -2.39. The van der Waals surface area contributed by atoms with Crippen molar-refractivity contribution >= 4 is 16.9 Å². The Kier molecular flexibility index (Phi) is 5.47. The van der Waals surface area contributed by atoms with Crippen molar-refractivity contribution in [1.82, 2.24) is 9.88 Å². The van der Waals surface area contributed by atoms with Crippen LogP contribution in [0.5, 0.6) is 0 Å². The van der Waals surface area contributed by atoms with E-state index in [1.165, 1.54) is 12.1 Å². The molecular weight excluding hydrogens is 393 g/mol. The van der Waals surface area contributed by atoms with Crippen LogP contribution >= 0.6 is 0 Å². The third-order valence-corrected chi connectivity index (χ3v) is 5.78. The molecule has 2 heterocycles. The number of para-hydroxylation sites is 1. The summed E-state index contributed by atoms with van der Waals surface area (Å²) < 4.78 is 39.2. The fourth-order valence-electron chi connectivity index (χ4n) is 4.20. The number of halogens is 3. The molecular formula is C23H21F3N2O2. The standard InChI is InChI=1S/C23H21F3N2O2/c24-23(25,26)17-7-5-15(6-8-17)21(28-13-10-16(11-14-28)22(29)30)19-9-12-27-20-4-2-1-3-18(19)20/h1-9,12,16,21H,10-11,13-14H2,(H,29,30). The molecule has 7 heteroatoms. The van der Waals surface area contributed by atoms with Crippen LogP contribution in [0.3, 0.4) is 0 Å². The fraction of sp³-hybridized carbons (Fsp3) is 0.304. The van der Waals surface area contributed by atoms with Gasteiger partial charge in [-0.3, -0.25) is 14.7 Å². The second-order valence-electron chi connectivity index (χ2n) is 7.59. The van der Waals surface area contributed by atoms with Crippen LogP contribution in [0.2, 0.25) is 0 Å². The van der Waals surface area contributed by atoms with E-state index in [9.17, 15) is 23.1 Å². The van der Waals surface area contributed by atoms with Gasteiger partial charge in [0.15, 0.2) is 0 Å². The van der Waals surface area contributed by atoms with Gasteiger partial charge in [0, 0.05) is 11.6 Å². The Morgan fingerprint density at radius 3 is 2.33 bits per heavy atom. The van der Waals surface area contributed by atoms with Crippen molar-refractivity contribution in [3.63, 3.8) is 0 Å². The molecule has 0 radical (unpaired) electrons. The number of carboxylic acids is 1. The summed E-state index contributed by atoms with van der Waals surface area (Å²) in [6, 6.07) is 14.5. The third-order valence-electron chi connectivity index (χ3n) is 5.78. The average molecular weight is 414 g/mol. The van der Waals surface area contributed by atoms with Gasteiger partial charge >= 0.3 is 12.1 Å². The van der Waals surface area contributed by atoms with Crippen molar-refractivity contribution in [3.05, 3.63) is 77.5 Å². The van der Waals surface area contributed by atoms with Gasteiger partial charge < -0.3 is 5.11 Å². The number of aliphatic carboxylic acids is 1. The Bertz CT molecular complexity index is 1040. The largest absolute Gasteiger partial charge is 0.481 e. The van der Waals surface area contributed by atoms with E-state index >= 15 is 0 Å². The molecule has 1 aliphatic heterocycles. The molecule has 30 heavy (non-hydrogen) atoms. The number of piperidine rings is 1. The lowest BCUT2D eigenvalue weighted by Gasteiger charge is -2.37. The maximum atomic E-state index is 13.1. The molecule has 3 aromatic rings. The number of nitrogens with zero attached hydrogens (tertiary/aromatic N) is 2. The number of likely N-dealkylation sites (tertiary alicyclic amines) is 1. The smallest absolute Gasteiger partial charge is 0.416 e. The molecule has 1 saturated heterocycles. The number of hydrogen-bond acceptors (Lipinski definition) is 3. The molecule has 1 N–H and O–H groups in total. The molecule has 0 saturated carbocycles. The number of carbonyl (C=O) groups is 1. The first kappa shape index (κ1) is 20.3. The summed E-state index contributed by atoms with van der Waals surface area (Å²) in [5.74, 6) is -1.18. The highest BCUT2D eigenvalue weighted by Gasteiger charge is 2.33. The molecule has 1 aromatic heterocycles. The summed E-state index contributed by atoms with van der Waals surface area (Å²) in [4.78, 5) is 17.9. The highest BCUT2D eigenvalue weighted by molar-refractivity contribution is 5.82. The van der Waals surface area contributed by atoms with E-state index in [4.69, 9.17) is 0 Å². The maximum absolute atomic E-state index is 13.1. The van der Waals surface area contributed by atoms with E-state index in [1.807, 2.05) is 30.3 Å². The average Bonchev–Trinajstić information content (AvgIpc) is 2.74. The molecule has 1 unspecified atom stereocenters. The van der Waals surface area contributed by atoms with E-state index in [1.54, 1.807) is 6.20 Å². The number of pyridine rings is 1. The van der Waals surface area contributed by atoms with Crippen molar-refractivity contribution in [1.29, 1.82) is 0 Å². The number of benzene rings is 2. The molecule has 1 aliphatic rings. The number of hydrogen-bond donors (Lipinski definition) is 1. The number of fused-ring (bicyclic) bond motifs is 1. The minimum absolute atomic E-state index is 0.282. The first-order valence-corrected chi connectivity index (χ1v) is 9.82. The maximum Gasteiger partial charge on any atom is 0.416 e. The van der Waals surface area contributed by atoms with Crippen LogP contribution in [0.15, 0.2) is 60.8 Å². The van der Waals surface area contributed by atoms with Crippen LogP contribution in [-0.4, -0.2) is 34.0 Å². The molecule has 0 bridgehead atoms. The van der Waals surface area contributed by atoms with Crippen LogP contribution in [-0.2, 0) is 11.0 Å². The van der Waals surface area contributed by atoms with Gasteiger partial charge in [-0.1, -0.05) is 30.3 Å². The number of aromatic nitrogens is 1. The van der Waals surface area contributed by atoms with Gasteiger partial charge in [0.25, 0.3) is 0 Å². The number of alkyl halides is 3. The minimum atomic E-state index is -4.39. The first-order chi connectivity index (χ1) is 14.3. The van der Waals surface area contributed by atoms with Crippen molar-refractivity contribution in [3.8, 4) is 0 Å². The Morgan fingerprint density at radius 1 is 1.03 bits per heavy atom. The summed E-state index contributed by atoms with van der Waals surface area (Å²) in [7, 11) is 0. The van der Waals surface area contributed by atoms with Gasteiger partial charge in [0.1, 0.15) is 0 Å². The van der Waals surface area contributed by atoms with Gasteiger partial charge in [0.05, 0.1) is 23.0 Å². The Morgan fingerprint density at radius 2 is 1.70 bits per heavy atom. The van der Waals surface area contributed by atoms with E-state index in [0.717, 1.165) is 34.2 Å². The monoisotopic (exact) mass is 414 g/mol. The van der Waals surface area contributed by atoms with Crippen molar-refractivity contribution in [2.45, 2.75) is 25.1 Å². The van der Waals surface area contributed by atoms with Crippen molar-refractivity contribution < 1.29 is 23.1 Å². The minimum Gasteiger partial charge on any atom is -0.481 e. The zero-order valence-electron chi connectivity index (χ0n) is 16.1. The van der Waals surface area contributed by atoms with Gasteiger partial charge in [-0.05, 0) is 61.3 Å². The molecule has 4 rings (SSSR count). The lowest BCUT2D eigenvalue weighted by atomic mass is 9.89. The molecule has 0 aliphatic carbocycles. The van der Waals surface area contributed by atoms with Gasteiger partial charge in [-0.15, -0.1) is 0 Å². The fourth-order valence-corrected chi connectivity index (χ4v) is 4.20. The number of rotatable bonds is 4. The summed E-state index contributed by atoms with van der Waals surface area (Å²) in [5, 5.41) is 10.2. The van der Waals surface area contributed by atoms with Crippen LogP contribution in [0, 0.1) is 5.92 Å². The second-order valence-corrected chi connectivity index (χ2v) is 7.59. The molecule has 0 amide bonds. The van der Waals surface area contributed by atoms with Gasteiger partial charge in [-0.25, -0.2) is 0 Å². The third kappa shape index (κ3) is 4.03. The molecule has 4 nitrogen and oxygen atoms in total. The predicted molar refractivity (Wildman–Crippen MR) is 107 cm³/mol.